The van der Waals surface area contributed by atoms with Crippen molar-refractivity contribution < 1.29 is 37.5 Å². The van der Waals surface area contributed by atoms with E-state index in [1.54, 1.807) is 30.3 Å². The number of carbonyl (C=O) groups excluding carboxylic acids is 2. The molecule has 0 saturated carbocycles. The van der Waals surface area contributed by atoms with Crippen molar-refractivity contribution in [3.8, 4) is 5.75 Å². The Kier molecular flexibility index (Phi) is 10.1. The summed E-state index contributed by atoms with van der Waals surface area (Å²) in [5.74, 6) is 3.01. The molecule has 0 fully saturated rings. The highest BCUT2D eigenvalue weighted by Gasteiger charge is 2.32. The molecule has 1 atom stereocenters. The molecule has 36 heavy (non-hydrogen) atoms. The zero-order valence-electron chi connectivity index (χ0n) is 19.3. The predicted octanol–water partition coefficient (Wildman–Crippen LogP) is 0.159. The van der Waals surface area contributed by atoms with Gasteiger partial charge in [-0.1, -0.05) is 30.3 Å². The van der Waals surface area contributed by atoms with E-state index in [1.165, 1.54) is 0 Å². The van der Waals surface area contributed by atoms with Crippen molar-refractivity contribution >= 4 is 18.9 Å². The Bertz CT molecular complexity index is 1070. The van der Waals surface area contributed by atoms with Gasteiger partial charge in [0.25, 0.3) is 11.8 Å². The van der Waals surface area contributed by atoms with Crippen LogP contribution in [0.4, 0.5) is 13.2 Å². The molecule has 0 radical (unpaired) electrons. The van der Waals surface area contributed by atoms with Crippen LogP contribution < -0.4 is 26.9 Å². The Morgan fingerprint density at radius 1 is 1.19 bits per heavy atom. The lowest BCUT2D eigenvalue weighted by atomic mass is 9.76. The Balaban J connectivity index is 1.91. The van der Waals surface area contributed by atoms with Gasteiger partial charge in [0.05, 0.1) is 30.7 Å². The minimum atomic E-state index is -4.59. The topological polar surface area (TPSA) is 163 Å². The number of nitrogens with two attached hydrogens (primary N) is 2. The van der Waals surface area contributed by atoms with Crippen molar-refractivity contribution in [2.45, 2.75) is 18.5 Å². The number of hydrogen-bond acceptors (Lipinski definition) is 8. The fraction of sp³-hybridized carbons (Fsp3) is 0.273. The van der Waals surface area contributed by atoms with Crippen LogP contribution in [0.5, 0.6) is 5.75 Å². The molecule has 14 heteroatoms. The molecule has 0 aliphatic rings. The summed E-state index contributed by atoms with van der Waals surface area (Å²) < 4.78 is 43.4. The minimum absolute atomic E-state index is 0.0151. The summed E-state index contributed by atoms with van der Waals surface area (Å²) in [6.45, 7) is -0.0599. The molecule has 10 nitrogen and oxygen atoms in total. The van der Waals surface area contributed by atoms with Gasteiger partial charge in [-0.15, -0.1) is 0 Å². The summed E-state index contributed by atoms with van der Waals surface area (Å²) in [4.78, 5) is 24.7. The number of halogens is 3. The van der Waals surface area contributed by atoms with Gasteiger partial charge in [-0.05, 0) is 30.2 Å². The molecule has 2 rings (SSSR count). The maximum atomic E-state index is 12.9. The van der Waals surface area contributed by atoms with E-state index in [1.807, 2.05) is 0 Å². The normalized spacial score (nSPS) is 12.5. The van der Waals surface area contributed by atoms with E-state index in [9.17, 15) is 32.8 Å². The van der Waals surface area contributed by atoms with Crippen LogP contribution in [0.2, 0.25) is 0 Å². The third-order valence-corrected chi connectivity index (χ3v) is 4.97. The Morgan fingerprint density at radius 3 is 2.44 bits per heavy atom. The average Bonchev–Trinajstić information content (AvgIpc) is 2.82. The highest BCUT2D eigenvalue weighted by atomic mass is 19.4. The quantitative estimate of drug-likeness (QED) is 0.108. The van der Waals surface area contributed by atoms with E-state index in [0.29, 0.717) is 0 Å². The maximum absolute atomic E-state index is 12.9. The number of benzene rings is 2. The molecule has 0 spiro atoms. The van der Waals surface area contributed by atoms with Crippen LogP contribution in [0.3, 0.4) is 0 Å². The van der Waals surface area contributed by atoms with Crippen LogP contribution in [0.1, 0.15) is 21.5 Å². The molecule has 2 aromatic carbocycles. The first kappa shape index (κ1) is 28.5. The summed E-state index contributed by atoms with van der Waals surface area (Å²) in [5, 5.41) is 25.1. The van der Waals surface area contributed by atoms with Crippen molar-refractivity contribution in [1.82, 2.24) is 15.6 Å². The number of hydrogen-bond donors (Lipinski definition) is 6. The average molecular weight is 509 g/mol. The zero-order chi connectivity index (χ0) is 26.9. The van der Waals surface area contributed by atoms with Gasteiger partial charge >= 0.3 is 13.3 Å². The highest BCUT2D eigenvalue weighted by molar-refractivity contribution is 6.43. The van der Waals surface area contributed by atoms with Crippen molar-refractivity contribution in [3.63, 3.8) is 0 Å². The van der Waals surface area contributed by atoms with Crippen LogP contribution in [0.15, 0.2) is 60.4 Å². The van der Waals surface area contributed by atoms with E-state index in [0.717, 1.165) is 42.1 Å². The van der Waals surface area contributed by atoms with Gasteiger partial charge < -0.3 is 36.2 Å². The number of alkyl halides is 3. The number of nitrogens with one attached hydrogen (secondary N) is 2. The fourth-order valence-electron chi connectivity index (χ4n) is 3.10. The van der Waals surface area contributed by atoms with Gasteiger partial charge in [0.15, 0.2) is 0 Å². The Hall–Kier alpha value is -3.75. The smallest absolute Gasteiger partial charge is 0.475 e. The molecule has 0 bridgehead atoms. The van der Waals surface area contributed by atoms with Crippen molar-refractivity contribution in [2.75, 3.05) is 20.2 Å². The maximum Gasteiger partial charge on any atom is 0.475 e. The van der Waals surface area contributed by atoms with Crippen LogP contribution in [-0.2, 0) is 17.4 Å². The largest absolute Gasteiger partial charge is 0.496 e. The number of rotatable bonds is 11. The number of nitrogens with zero attached hydrogens (tertiary/aromatic N) is 1. The summed E-state index contributed by atoms with van der Waals surface area (Å²) >= 11 is 0. The number of methoxy groups -OCH3 is 1. The lowest BCUT2D eigenvalue weighted by Crippen LogP contribution is -2.49. The predicted molar refractivity (Wildman–Crippen MR) is 126 cm³/mol. The fourth-order valence-corrected chi connectivity index (χ4v) is 3.10. The summed E-state index contributed by atoms with van der Waals surface area (Å²) in [5.41, 5.74) is 5.12. The molecule has 1 unspecified atom stereocenters. The number of carbonyl (C=O) groups is 2. The van der Waals surface area contributed by atoms with E-state index in [4.69, 9.17) is 16.3 Å². The van der Waals surface area contributed by atoms with Gasteiger partial charge in [-0.3, -0.25) is 9.59 Å². The van der Waals surface area contributed by atoms with E-state index < -0.39 is 36.6 Å². The van der Waals surface area contributed by atoms with Crippen LogP contribution in [0, 0.1) is 0 Å². The molecule has 2 aromatic rings. The van der Waals surface area contributed by atoms with Crippen molar-refractivity contribution in [2.24, 2.45) is 11.6 Å². The van der Waals surface area contributed by atoms with E-state index in [2.05, 4.69) is 10.6 Å². The van der Waals surface area contributed by atoms with E-state index >= 15 is 0 Å². The summed E-state index contributed by atoms with van der Waals surface area (Å²) in [6.07, 6.45) is -3.36. The SMILES string of the molecule is COc1cc(C(F)(F)F)ccc1C(=O)NCCN(N)/C=C(\N)C(=O)NC(Cc1ccccc1)B(O)O. The molecular weight excluding hydrogens is 482 g/mol. The molecule has 0 saturated heterocycles. The van der Waals surface area contributed by atoms with Gasteiger partial charge in [-0.2, -0.15) is 13.2 Å². The first-order chi connectivity index (χ1) is 16.9. The molecule has 2 amide bonds. The van der Waals surface area contributed by atoms with Crippen molar-refractivity contribution in [1.29, 1.82) is 0 Å². The Morgan fingerprint density at radius 2 is 1.86 bits per heavy atom. The van der Waals surface area contributed by atoms with Gasteiger partial charge in [0, 0.05) is 12.7 Å². The molecule has 0 heterocycles. The second-order valence-corrected chi connectivity index (χ2v) is 7.67. The molecule has 194 valence electrons. The van der Waals surface area contributed by atoms with Crippen molar-refractivity contribution in [3.05, 3.63) is 77.1 Å². The molecule has 0 aromatic heterocycles. The lowest BCUT2D eigenvalue weighted by Gasteiger charge is -2.19. The number of hydrazine groups is 1. The van der Waals surface area contributed by atoms with Crippen LogP contribution >= 0.6 is 0 Å². The third-order valence-electron chi connectivity index (χ3n) is 4.97. The summed E-state index contributed by atoms with van der Waals surface area (Å²) in [6, 6.07) is 11.3. The van der Waals surface area contributed by atoms with Crippen LogP contribution in [0.25, 0.3) is 0 Å². The van der Waals surface area contributed by atoms with Crippen LogP contribution in [-0.4, -0.2) is 60.1 Å². The highest BCUT2D eigenvalue weighted by Crippen LogP contribution is 2.33. The molecule has 0 aliphatic carbocycles. The molecule has 0 aliphatic heterocycles. The first-order valence-corrected chi connectivity index (χ1v) is 10.7. The van der Waals surface area contributed by atoms with Gasteiger partial charge in [-0.25, -0.2) is 5.84 Å². The number of amides is 2. The second-order valence-electron chi connectivity index (χ2n) is 7.67. The standard InChI is InChI=1S/C22H27BF3N5O5/c1-36-18-12-15(22(24,25)26)7-8-16(18)20(32)29-9-10-31(28)13-17(27)21(33)30-19(23(34)35)11-14-5-3-2-4-6-14/h2-8,12-13,19,34-35H,9-11,27-28H2,1H3,(H,29,32)(H,30,33)/b17-13-. The second kappa shape index (κ2) is 12.8. The zero-order valence-corrected chi connectivity index (χ0v) is 19.3. The van der Waals surface area contributed by atoms with Gasteiger partial charge in [0.1, 0.15) is 11.4 Å². The first-order valence-electron chi connectivity index (χ1n) is 10.7. The molecular formula is C22H27BF3N5O5. The lowest BCUT2D eigenvalue weighted by molar-refractivity contribution is -0.137. The monoisotopic (exact) mass is 509 g/mol. The number of ether oxygens (including phenoxy) is 1. The third kappa shape index (κ3) is 8.48. The minimum Gasteiger partial charge on any atom is -0.496 e. The molecule has 8 N–H and O–H groups in total. The van der Waals surface area contributed by atoms with Gasteiger partial charge in [0.2, 0.25) is 0 Å². The Labute approximate surface area is 205 Å². The van der Waals surface area contributed by atoms with E-state index in [-0.39, 0.29) is 36.5 Å². The summed E-state index contributed by atoms with van der Waals surface area (Å²) in [7, 11) is -0.694.